The molecular weight excluding hydrogens is 347 g/mol. The first-order valence-electron chi connectivity index (χ1n) is 5.29. The molecule has 0 aromatic heterocycles. The summed E-state index contributed by atoms with van der Waals surface area (Å²) >= 11 is 0. The normalized spacial score (nSPS) is 14.0. The minimum atomic E-state index is -6.07. The molecule has 0 aliphatic heterocycles. The lowest BCUT2D eigenvalue weighted by molar-refractivity contribution is -0.376. The molecule has 0 amide bonds. The molecule has 0 fully saturated rings. The quantitative estimate of drug-likeness (QED) is 0.647. The fourth-order valence-corrected chi connectivity index (χ4v) is 2.11. The largest absolute Gasteiger partial charge is 0.430 e. The van der Waals surface area contributed by atoms with E-state index < -0.39 is 45.2 Å². The Labute approximate surface area is 119 Å². The van der Waals surface area contributed by atoms with Gasteiger partial charge in [-0.05, 0) is 18.6 Å². The van der Waals surface area contributed by atoms with Crippen LogP contribution < -0.4 is 4.72 Å². The van der Waals surface area contributed by atoms with Gasteiger partial charge in [-0.3, -0.25) is 4.72 Å². The van der Waals surface area contributed by atoms with E-state index in [1.165, 1.54) is 4.72 Å². The van der Waals surface area contributed by atoms with Gasteiger partial charge in [-0.15, -0.1) is 0 Å². The average molecular weight is 355 g/mol. The van der Waals surface area contributed by atoms with Gasteiger partial charge in [0.2, 0.25) is 0 Å². The van der Waals surface area contributed by atoms with Crippen LogP contribution >= 0.6 is 0 Å². The van der Waals surface area contributed by atoms with Crippen LogP contribution in [0.5, 0.6) is 0 Å². The van der Waals surface area contributed by atoms with Crippen molar-refractivity contribution in [3.05, 3.63) is 29.3 Å². The number of nitrogens with one attached hydrogen (secondary N) is 1. The molecule has 1 aromatic carbocycles. The van der Waals surface area contributed by atoms with E-state index in [2.05, 4.69) is 0 Å². The van der Waals surface area contributed by atoms with Crippen LogP contribution in [0.4, 0.5) is 35.9 Å². The second-order valence-electron chi connectivity index (χ2n) is 4.28. The fourth-order valence-electron chi connectivity index (χ4n) is 1.62. The Balaban J connectivity index is 3.46. The number of aliphatic hydroxyl groups is 1. The van der Waals surface area contributed by atoms with E-state index in [4.69, 9.17) is 5.11 Å². The van der Waals surface area contributed by atoms with Gasteiger partial charge in [-0.25, -0.2) is 0 Å². The lowest BCUT2D eigenvalue weighted by Crippen LogP contribution is -2.53. The van der Waals surface area contributed by atoms with E-state index in [0.717, 1.165) is 6.92 Å². The van der Waals surface area contributed by atoms with Crippen molar-refractivity contribution in [2.24, 2.45) is 0 Å². The standard InChI is InChI=1S/C10H8F7NO3S/c1-5-4-6(2-3-7(5)18-22(17,20)21)8(19,9(11,12)13)10(14,15)16/h2-4,18-19H,1H3. The molecule has 1 aromatic rings. The molecule has 0 atom stereocenters. The van der Waals surface area contributed by atoms with E-state index in [1.54, 1.807) is 0 Å². The van der Waals surface area contributed by atoms with Crippen LogP contribution in [0.25, 0.3) is 0 Å². The summed E-state index contributed by atoms with van der Waals surface area (Å²) in [6, 6.07) is 0.931. The third kappa shape index (κ3) is 3.43. The Bertz CT molecular complexity index is 652. The third-order valence-electron chi connectivity index (χ3n) is 2.70. The second-order valence-corrected chi connectivity index (χ2v) is 5.36. The molecule has 0 saturated heterocycles. The minimum absolute atomic E-state index is 0.196. The number of rotatable bonds is 3. The molecule has 22 heavy (non-hydrogen) atoms. The number of hydrogen-bond donors (Lipinski definition) is 2. The van der Waals surface area contributed by atoms with E-state index in [9.17, 15) is 38.6 Å². The van der Waals surface area contributed by atoms with Crippen LogP contribution in [0.1, 0.15) is 11.1 Å². The number of halogens is 7. The molecule has 0 radical (unpaired) electrons. The molecule has 0 spiro atoms. The zero-order valence-electron chi connectivity index (χ0n) is 10.5. The molecule has 0 heterocycles. The van der Waals surface area contributed by atoms with Gasteiger partial charge in [-0.2, -0.15) is 34.8 Å². The van der Waals surface area contributed by atoms with Crippen molar-refractivity contribution in [3.63, 3.8) is 0 Å². The lowest BCUT2D eigenvalue weighted by atomic mass is 9.91. The monoisotopic (exact) mass is 355 g/mol. The highest BCUT2D eigenvalue weighted by Gasteiger charge is 2.71. The Morgan fingerprint density at radius 2 is 1.50 bits per heavy atom. The summed E-state index contributed by atoms with van der Waals surface area (Å²) < 4.78 is 110. The number of benzene rings is 1. The molecule has 12 heteroatoms. The summed E-state index contributed by atoms with van der Waals surface area (Å²) in [6.45, 7) is 0.935. The maximum absolute atomic E-state index is 12.6. The summed E-state index contributed by atoms with van der Waals surface area (Å²) in [5.74, 6) is 0. The highest BCUT2D eigenvalue weighted by molar-refractivity contribution is 7.87. The van der Waals surface area contributed by atoms with Gasteiger partial charge >= 0.3 is 22.8 Å². The van der Waals surface area contributed by atoms with Gasteiger partial charge in [0.15, 0.2) is 0 Å². The first-order chi connectivity index (χ1) is 9.59. The zero-order valence-corrected chi connectivity index (χ0v) is 11.4. The average Bonchev–Trinajstić information content (AvgIpc) is 2.26. The first-order valence-corrected chi connectivity index (χ1v) is 6.67. The summed E-state index contributed by atoms with van der Waals surface area (Å²) in [6.07, 6.45) is -12.1. The second kappa shape index (κ2) is 5.26. The maximum Gasteiger partial charge on any atom is 0.430 e. The van der Waals surface area contributed by atoms with Crippen molar-refractivity contribution in [2.75, 3.05) is 4.72 Å². The third-order valence-corrected chi connectivity index (χ3v) is 3.16. The molecule has 2 N–H and O–H groups in total. The molecule has 4 nitrogen and oxygen atoms in total. The summed E-state index contributed by atoms with van der Waals surface area (Å²) in [4.78, 5) is 0. The Hall–Kier alpha value is -1.56. The van der Waals surface area contributed by atoms with Crippen molar-refractivity contribution in [1.82, 2.24) is 0 Å². The Kier molecular flexibility index (Phi) is 4.42. The van der Waals surface area contributed by atoms with E-state index in [-0.39, 0.29) is 12.1 Å². The van der Waals surface area contributed by atoms with Gasteiger partial charge in [0.05, 0.1) is 5.69 Å². The van der Waals surface area contributed by atoms with Crippen LogP contribution in [0, 0.1) is 6.92 Å². The van der Waals surface area contributed by atoms with Crippen LogP contribution in [0.3, 0.4) is 0 Å². The van der Waals surface area contributed by atoms with Crippen molar-refractivity contribution in [2.45, 2.75) is 24.9 Å². The maximum atomic E-state index is 12.6. The molecule has 0 bridgehead atoms. The SMILES string of the molecule is Cc1cc(C(O)(C(F)(F)F)C(F)(F)F)ccc1NS(=O)(=O)F. The van der Waals surface area contributed by atoms with Gasteiger partial charge in [0.25, 0.3) is 5.60 Å². The first kappa shape index (κ1) is 18.5. The molecular formula is C10H8F7NO3S. The molecule has 0 unspecified atom stereocenters. The van der Waals surface area contributed by atoms with Crippen LogP contribution in [-0.2, 0) is 16.0 Å². The Morgan fingerprint density at radius 3 is 1.82 bits per heavy atom. The van der Waals surface area contributed by atoms with Gasteiger partial charge in [-0.1, -0.05) is 16.0 Å². The number of anilines is 1. The number of hydrogen-bond acceptors (Lipinski definition) is 3. The van der Waals surface area contributed by atoms with Crippen molar-refractivity contribution >= 4 is 16.1 Å². The topological polar surface area (TPSA) is 66.4 Å². The van der Waals surface area contributed by atoms with Crippen LogP contribution in [0.15, 0.2) is 18.2 Å². The van der Waals surface area contributed by atoms with Crippen molar-refractivity contribution in [1.29, 1.82) is 0 Å². The van der Waals surface area contributed by atoms with E-state index >= 15 is 0 Å². The van der Waals surface area contributed by atoms with E-state index in [0.29, 0.717) is 6.07 Å². The smallest absolute Gasteiger partial charge is 0.369 e. The van der Waals surface area contributed by atoms with Crippen molar-refractivity contribution in [3.8, 4) is 0 Å². The molecule has 0 aliphatic carbocycles. The summed E-state index contributed by atoms with van der Waals surface area (Å²) in [5.41, 5.74) is -7.74. The number of aryl methyl sites for hydroxylation is 1. The van der Waals surface area contributed by atoms with E-state index in [1.807, 2.05) is 0 Å². The summed E-state index contributed by atoms with van der Waals surface area (Å²) in [5, 5.41) is 9.14. The Morgan fingerprint density at radius 1 is 1.05 bits per heavy atom. The van der Waals surface area contributed by atoms with Crippen LogP contribution in [-0.4, -0.2) is 25.9 Å². The lowest BCUT2D eigenvalue weighted by Gasteiger charge is -2.33. The minimum Gasteiger partial charge on any atom is -0.369 e. The molecule has 0 saturated carbocycles. The highest BCUT2D eigenvalue weighted by Crippen LogP contribution is 2.50. The van der Waals surface area contributed by atoms with Gasteiger partial charge in [0.1, 0.15) is 0 Å². The van der Waals surface area contributed by atoms with Crippen LogP contribution in [0.2, 0.25) is 0 Å². The van der Waals surface area contributed by atoms with Crippen molar-refractivity contribution < 1.29 is 43.8 Å². The zero-order chi connectivity index (χ0) is 17.6. The molecule has 0 aliphatic rings. The number of alkyl halides is 6. The van der Waals surface area contributed by atoms with Gasteiger partial charge < -0.3 is 5.11 Å². The predicted octanol–water partition coefficient (Wildman–Crippen LogP) is 2.93. The molecule has 1 rings (SSSR count). The van der Waals surface area contributed by atoms with Gasteiger partial charge in [0, 0.05) is 5.56 Å². The summed E-state index contributed by atoms with van der Waals surface area (Å²) in [7, 11) is -5.26. The highest BCUT2D eigenvalue weighted by atomic mass is 32.3. The predicted molar refractivity (Wildman–Crippen MR) is 60.8 cm³/mol. The molecule has 126 valence electrons. The fraction of sp³-hybridized carbons (Fsp3) is 0.400.